The topological polar surface area (TPSA) is 58.6 Å². The van der Waals surface area contributed by atoms with Crippen molar-refractivity contribution in [1.29, 1.82) is 0 Å². The number of carboxylic acid groups (broad SMARTS) is 1. The van der Waals surface area contributed by atoms with E-state index >= 15 is 0 Å². The van der Waals surface area contributed by atoms with Crippen LogP contribution in [0.5, 0.6) is 5.75 Å². The number of ether oxygens (including phenoxy) is 1. The second-order valence-corrected chi connectivity index (χ2v) is 8.26. The highest BCUT2D eigenvalue weighted by molar-refractivity contribution is 5.74. The average molecular weight is 386 g/mol. The molecule has 0 saturated carbocycles. The quantitative estimate of drug-likeness (QED) is 0.646. The molecule has 28 heavy (non-hydrogen) atoms. The maximum absolute atomic E-state index is 11.2. The lowest BCUT2D eigenvalue weighted by molar-refractivity contribution is -0.146. The fraction of sp³-hybridized carbons (Fsp3) is 0.458. The van der Waals surface area contributed by atoms with Crippen molar-refractivity contribution in [2.45, 2.75) is 66.7 Å². The molecule has 0 heterocycles. The van der Waals surface area contributed by atoms with E-state index in [1.54, 1.807) is 13.8 Å². The highest BCUT2D eigenvalue weighted by Gasteiger charge is 2.27. The molecule has 0 fully saturated rings. The molecule has 2 aromatic carbocycles. The Hall–Kier alpha value is -2.33. The number of benzene rings is 2. The molecule has 2 N–H and O–H groups in total. The van der Waals surface area contributed by atoms with Crippen LogP contribution in [0, 0.1) is 5.41 Å². The first-order valence-corrected chi connectivity index (χ1v) is 9.85. The van der Waals surface area contributed by atoms with Gasteiger partial charge in [0.1, 0.15) is 12.4 Å². The fourth-order valence-electron chi connectivity index (χ4n) is 2.74. The van der Waals surface area contributed by atoms with Gasteiger partial charge in [-0.25, -0.2) is 0 Å². The van der Waals surface area contributed by atoms with Gasteiger partial charge >= 0.3 is 5.97 Å². The Morgan fingerprint density at radius 2 is 1.54 bits per heavy atom. The number of rotatable bonds is 8. The van der Waals surface area contributed by atoms with Crippen LogP contribution in [0.25, 0.3) is 0 Å². The number of aliphatic carboxylic acids is 1. The van der Waals surface area contributed by atoms with E-state index in [9.17, 15) is 9.90 Å². The van der Waals surface area contributed by atoms with Crippen molar-refractivity contribution in [3.8, 4) is 5.75 Å². The smallest absolute Gasteiger partial charge is 0.309 e. The van der Waals surface area contributed by atoms with Crippen LogP contribution in [0.3, 0.4) is 0 Å². The van der Waals surface area contributed by atoms with Gasteiger partial charge < -0.3 is 15.2 Å². The number of hydrogen-bond acceptors (Lipinski definition) is 3. The summed E-state index contributed by atoms with van der Waals surface area (Å²) in [5.74, 6) is -0.0318. The lowest BCUT2D eigenvalue weighted by Gasteiger charge is -2.19. The average Bonchev–Trinajstić information content (AvgIpc) is 2.60. The Morgan fingerprint density at radius 1 is 0.964 bits per heavy atom. The lowest BCUT2D eigenvalue weighted by atomic mass is 9.86. The minimum Gasteiger partial charge on any atom is -0.489 e. The molecule has 4 nitrogen and oxygen atoms in total. The van der Waals surface area contributed by atoms with E-state index in [0.717, 1.165) is 16.9 Å². The third-order valence-electron chi connectivity index (χ3n) is 4.04. The molecule has 0 unspecified atom stereocenters. The van der Waals surface area contributed by atoms with Crippen molar-refractivity contribution in [2.24, 2.45) is 5.41 Å². The molecule has 0 spiro atoms. The molecule has 4 heteroatoms. The Kier molecular flexibility index (Phi) is 9.74. The molecule has 0 saturated heterocycles. The van der Waals surface area contributed by atoms with Gasteiger partial charge in [0.25, 0.3) is 0 Å². The minimum absolute atomic E-state index is 0.477. The largest absolute Gasteiger partial charge is 0.489 e. The van der Waals surface area contributed by atoms with Crippen LogP contribution in [-0.2, 0) is 17.8 Å². The summed E-state index contributed by atoms with van der Waals surface area (Å²) in [5.41, 5.74) is 1.29. The molecule has 0 amide bonds. The zero-order valence-electron chi connectivity index (χ0n) is 18.0. The first-order valence-electron chi connectivity index (χ1n) is 9.85. The first kappa shape index (κ1) is 23.7. The summed E-state index contributed by atoms with van der Waals surface area (Å²) in [7, 11) is 0. The predicted molar refractivity (Wildman–Crippen MR) is 116 cm³/mol. The highest BCUT2D eigenvalue weighted by atomic mass is 16.5. The molecule has 0 radical (unpaired) electrons. The standard InChI is InChI=1S/C18H20O3.C6H15N/c1-18(2,17(19)20)12-15-9-6-10-16(11-15)21-13-14-7-4-3-5-8-14;1-5(2)7-6(3)4/h3-11H,12-13H2,1-2H3,(H,19,20);5-7H,1-4H3. The maximum atomic E-state index is 11.2. The Balaban J connectivity index is 0.000000480. The summed E-state index contributed by atoms with van der Waals surface area (Å²) >= 11 is 0. The molecule has 0 aliphatic rings. The van der Waals surface area contributed by atoms with Gasteiger partial charge in [-0.3, -0.25) is 4.79 Å². The van der Waals surface area contributed by atoms with Crippen molar-refractivity contribution in [1.82, 2.24) is 5.32 Å². The van der Waals surface area contributed by atoms with Gasteiger partial charge in [-0.1, -0.05) is 70.2 Å². The molecule has 2 rings (SSSR count). The molecule has 0 aliphatic heterocycles. The van der Waals surface area contributed by atoms with E-state index in [2.05, 4.69) is 33.0 Å². The molecule has 0 aromatic heterocycles. The number of hydrogen-bond donors (Lipinski definition) is 2. The second-order valence-electron chi connectivity index (χ2n) is 8.26. The van der Waals surface area contributed by atoms with Crippen LogP contribution in [0.1, 0.15) is 52.7 Å². The zero-order chi connectivity index (χ0) is 21.2. The normalized spacial score (nSPS) is 11.1. The molecular weight excluding hydrogens is 350 g/mol. The van der Waals surface area contributed by atoms with Crippen molar-refractivity contribution in [3.05, 3.63) is 65.7 Å². The van der Waals surface area contributed by atoms with Gasteiger partial charge in [-0.2, -0.15) is 0 Å². The van der Waals surface area contributed by atoms with E-state index in [0.29, 0.717) is 25.1 Å². The van der Waals surface area contributed by atoms with Crippen LogP contribution in [-0.4, -0.2) is 23.2 Å². The van der Waals surface area contributed by atoms with Gasteiger partial charge in [-0.05, 0) is 43.5 Å². The monoisotopic (exact) mass is 385 g/mol. The fourth-order valence-corrected chi connectivity index (χ4v) is 2.74. The molecular formula is C24H35NO3. The molecule has 154 valence electrons. The Bertz CT molecular complexity index is 703. The summed E-state index contributed by atoms with van der Waals surface area (Å²) < 4.78 is 5.76. The molecule has 2 aromatic rings. The summed E-state index contributed by atoms with van der Waals surface area (Å²) in [6.07, 6.45) is 0.477. The third kappa shape index (κ3) is 9.56. The van der Waals surface area contributed by atoms with Gasteiger partial charge in [0.05, 0.1) is 5.41 Å². The van der Waals surface area contributed by atoms with Crippen LogP contribution < -0.4 is 10.1 Å². The second kappa shape index (κ2) is 11.5. The van der Waals surface area contributed by atoms with Crippen molar-refractivity contribution in [3.63, 3.8) is 0 Å². The van der Waals surface area contributed by atoms with E-state index in [1.807, 2.05) is 54.6 Å². The number of carbonyl (C=O) groups is 1. The zero-order valence-corrected chi connectivity index (χ0v) is 18.0. The summed E-state index contributed by atoms with van der Waals surface area (Å²) in [6, 6.07) is 18.8. The summed E-state index contributed by atoms with van der Waals surface area (Å²) in [6.45, 7) is 12.6. The Labute approximate surface area is 169 Å². The van der Waals surface area contributed by atoms with Crippen LogP contribution in [0.4, 0.5) is 0 Å². The maximum Gasteiger partial charge on any atom is 0.309 e. The minimum atomic E-state index is -0.793. The number of nitrogens with one attached hydrogen (secondary N) is 1. The van der Waals surface area contributed by atoms with Gasteiger partial charge in [0.2, 0.25) is 0 Å². The van der Waals surface area contributed by atoms with Gasteiger partial charge in [0.15, 0.2) is 0 Å². The van der Waals surface area contributed by atoms with Gasteiger partial charge in [0, 0.05) is 12.1 Å². The summed E-state index contributed by atoms with van der Waals surface area (Å²) in [4.78, 5) is 11.2. The highest BCUT2D eigenvalue weighted by Crippen LogP contribution is 2.24. The third-order valence-corrected chi connectivity index (χ3v) is 4.04. The van der Waals surface area contributed by atoms with Crippen LogP contribution >= 0.6 is 0 Å². The van der Waals surface area contributed by atoms with Crippen molar-refractivity contribution < 1.29 is 14.6 Å². The summed E-state index contributed by atoms with van der Waals surface area (Å²) in [5, 5.41) is 12.5. The van der Waals surface area contributed by atoms with E-state index < -0.39 is 11.4 Å². The van der Waals surface area contributed by atoms with E-state index in [1.165, 1.54) is 0 Å². The van der Waals surface area contributed by atoms with Crippen molar-refractivity contribution >= 4 is 5.97 Å². The van der Waals surface area contributed by atoms with Gasteiger partial charge in [-0.15, -0.1) is 0 Å². The molecule has 0 atom stereocenters. The molecule has 0 bridgehead atoms. The van der Waals surface area contributed by atoms with Crippen molar-refractivity contribution in [2.75, 3.05) is 0 Å². The van der Waals surface area contributed by atoms with E-state index in [4.69, 9.17) is 4.74 Å². The lowest BCUT2D eigenvalue weighted by Crippen LogP contribution is -2.29. The Morgan fingerprint density at radius 3 is 2.04 bits per heavy atom. The van der Waals surface area contributed by atoms with Crippen LogP contribution in [0.2, 0.25) is 0 Å². The van der Waals surface area contributed by atoms with Crippen LogP contribution in [0.15, 0.2) is 54.6 Å². The van der Waals surface area contributed by atoms with E-state index in [-0.39, 0.29) is 0 Å². The predicted octanol–water partition coefficient (Wildman–Crippen LogP) is 5.31. The first-order chi connectivity index (χ1) is 13.1. The number of carboxylic acids is 1. The SMILES string of the molecule is CC(C)(Cc1cccc(OCc2ccccc2)c1)C(=O)O.CC(C)NC(C)C. The molecule has 0 aliphatic carbocycles.